The van der Waals surface area contributed by atoms with E-state index in [0.29, 0.717) is 0 Å². The molecule has 88 valence electrons. The molecule has 16 heavy (non-hydrogen) atoms. The van der Waals surface area contributed by atoms with Crippen LogP contribution in [0.25, 0.3) is 0 Å². The van der Waals surface area contributed by atoms with Crippen molar-refractivity contribution < 1.29 is 4.79 Å². The zero-order valence-corrected chi connectivity index (χ0v) is 10.2. The maximum atomic E-state index is 11.8. The van der Waals surface area contributed by atoms with Crippen LogP contribution in [0.3, 0.4) is 0 Å². The van der Waals surface area contributed by atoms with Crippen LogP contribution in [-0.4, -0.2) is 21.9 Å². The Morgan fingerprint density at radius 3 is 2.56 bits per heavy atom. The fraction of sp³-hybridized carbons (Fsp3) is 0.600. The van der Waals surface area contributed by atoms with Crippen molar-refractivity contribution in [1.29, 1.82) is 0 Å². The monoisotopic (exact) mass is 261 g/mol. The molecule has 1 heterocycles. The summed E-state index contributed by atoms with van der Waals surface area (Å²) in [5, 5.41) is 3.26. The molecule has 1 saturated carbocycles. The quantitative estimate of drug-likeness (QED) is 0.860. The maximum absolute atomic E-state index is 11.8. The summed E-state index contributed by atoms with van der Waals surface area (Å²) >= 11 is 11.3. The fourth-order valence-electron chi connectivity index (χ4n) is 1.94. The van der Waals surface area contributed by atoms with Crippen molar-refractivity contribution in [2.24, 2.45) is 0 Å². The van der Waals surface area contributed by atoms with Crippen molar-refractivity contribution in [2.75, 3.05) is 0 Å². The average Bonchev–Trinajstić information content (AvgIpc) is 2.61. The molecule has 0 atom stereocenters. The first kappa shape index (κ1) is 11.7. The van der Waals surface area contributed by atoms with Crippen LogP contribution < -0.4 is 5.32 Å². The molecular weight excluding hydrogens is 249 g/mol. The number of hydrogen-bond donors (Lipinski definition) is 2. The Kier molecular flexibility index (Phi) is 3.71. The van der Waals surface area contributed by atoms with E-state index >= 15 is 0 Å². The number of halogens is 2. The minimum Gasteiger partial charge on any atom is -0.347 e. The number of H-pyrrole nitrogens is 1. The Bertz CT molecular complexity index is 366. The van der Waals surface area contributed by atoms with Crippen molar-refractivity contribution in [3.05, 3.63) is 16.1 Å². The Balaban J connectivity index is 1.96. The van der Waals surface area contributed by atoms with Crippen LogP contribution in [0, 0.1) is 0 Å². The molecule has 4 nitrogen and oxygen atoms in total. The van der Waals surface area contributed by atoms with Crippen molar-refractivity contribution in [3.63, 3.8) is 0 Å². The summed E-state index contributed by atoms with van der Waals surface area (Å²) in [5.41, 5.74) is 0. The van der Waals surface area contributed by atoms with Gasteiger partial charge in [-0.1, -0.05) is 42.5 Å². The van der Waals surface area contributed by atoms with E-state index < -0.39 is 0 Å². The van der Waals surface area contributed by atoms with Crippen molar-refractivity contribution in [2.45, 2.75) is 38.1 Å². The first-order chi connectivity index (χ1) is 7.66. The maximum Gasteiger partial charge on any atom is 0.287 e. The molecule has 1 fully saturated rings. The third-order valence-electron chi connectivity index (χ3n) is 2.77. The number of aromatic nitrogens is 2. The van der Waals surface area contributed by atoms with E-state index in [1.54, 1.807) is 0 Å². The van der Waals surface area contributed by atoms with E-state index in [1.165, 1.54) is 19.3 Å². The van der Waals surface area contributed by atoms with Gasteiger partial charge in [0.25, 0.3) is 5.91 Å². The molecule has 1 aromatic heterocycles. The van der Waals surface area contributed by atoms with Gasteiger partial charge in [-0.3, -0.25) is 4.79 Å². The van der Waals surface area contributed by atoms with Crippen LogP contribution in [0.4, 0.5) is 0 Å². The minimum absolute atomic E-state index is 0.135. The molecule has 2 N–H and O–H groups in total. The van der Waals surface area contributed by atoms with E-state index in [0.717, 1.165) is 12.8 Å². The Morgan fingerprint density at radius 2 is 2.00 bits per heavy atom. The number of amides is 1. The first-order valence-corrected chi connectivity index (χ1v) is 6.14. The SMILES string of the molecule is O=C(NC1CCCCC1)c1nc(Cl)c(Cl)[nH]1. The molecule has 1 aliphatic carbocycles. The molecule has 0 unspecified atom stereocenters. The van der Waals surface area contributed by atoms with Gasteiger partial charge < -0.3 is 10.3 Å². The number of imidazole rings is 1. The van der Waals surface area contributed by atoms with Crippen molar-refractivity contribution in [3.8, 4) is 0 Å². The first-order valence-electron chi connectivity index (χ1n) is 5.38. The highest BCUT2D eigenvalue weighted by atomic mass is 35.5. The van der Waals surface area contributed by atoms with Gasteiger partial charge in [0.1, 0.15) is 5.15 Å². The molecule has 1 aliphatic rings. The van der Waals surface area contributed by atoms with Crippen LogP contribution in [0.5, 0.6) is 0 Å². The zero-order valence-electron chi connectivity index (χ0n) is 8.72. The van der Waals surface area contributed by atoms with E-state index in [-0.39, 0.29) is 28.1 Å². The summed E-state index contributed by atoms with van der Waals surface area (Å²) in [7, 11) is 0. The standard InChI is InChI=1S/C10H13Cl2N3O/c11-7-8(12)15-9(14-7)10(16)13-6-4-2-1-3-5-6/h6H,1-5H2,(H,13,16)(H,14,15). The predicted octanol–water partition coefficient (Wildman–Crippen LogP) is 2.78. The third-order valence-corrected chi connectivity index (χ3v) is 3.42. The molecule has 0 radical (unpaired) electrons. The number of aromatic amines is 1. The summed E-state index contributed by atoms with van der Waals surface area (Å²) in [4.78, 5) is 18.2. The highest BCUT2D eigenvalue weighted by Gasteiger charge is 2.19. The largest absolute Gasteiger partial charge is 0.347 e. The molecular formula is C10H13Cl2N3O. The topological polar surface area (TPSA) is 57.8 Å². The summed E-state index contributed by atoms with van der Waals surface area (Å²) < 4.78 is 0. The fourth-order valence-corrected chi connectivity index (χ4v) is 2.20. The summed E-state index contributed by atoms with van der Waals surface area (Å²) in [5.74, 6) is -0.0544. The van der Waals surface area contributed by atoms with Crippen LogP contribution in [0.1, 0.15) is 42.7 Å². The number of hydrogen-bond acceptors (Lipinski definition) is 2. The molecule has 0 saturated heterocycles. The van der Waals surface area contributed by atoms with Crippen LogP contribution >= 0.6 is 23.2 Å². The summed E-state index contributed by atoms with van der Waals surface area (Å²) in [6.07, 6.45) is 5.67. The average molecular weight is 262 g/mol. The summed E-state index contributed by atoms with van der Waals surface area (Å²) in [6.45, 7) is 0. The molecule has 1 aromatic rings. The molecule has 0 bridgehead atoms. The molecule has 0 aromatic carbocycles. The van der Waals surface area contributed by atoms with Gasteiger partial charge in [-0.25, -0.2) is 4.98 Å². The number of carbonyl (C=O) groups is 1. The lowest BCUT2D eigenvalue weighted by Crippen LogP contribution is -2.36. The number of nitrogens with zero attached hydrogens (tertiary/aromatic N) is 1. The Hall–Kier alpha value is -0.740. The van der Waals surface area contributed by atoms with E-state index in [4.69, 9.17) is 23.2 Å². The molecule has 0 spiro atoms. The van der Waals surface area contributed by atoms with Gasteiger partial charge in [-0.2, -0.15) is 0 Å². The van der Waals surface area contributed by atoms with Gasteiger partial charge in [-0.15, -0.1) is 0 Å². The second-order valence-corrected chi connectivity index (χ2v) is 4.73. The third kappa shape index (κ3) is 2.68. The lowest BCUT2D eigenvalue weighted by Gasteiger charge is -2.22. The normalized spacial score (nSPS) is 17.4. The Labute approximate surface area is 104 Å². The van der Waals surface area contributed by atoms with Crippen LogP contribution in [-0.2, 0) is 0 Å². The van der Waals surface area contributed by atoms with E-state index in [1.807, 2.05) is 0 Å². The van der Waals surface area contributed by atoms with Crippen molar-refractivity contribution in [1.82, 2.24) is 15.3 Å². The highest BCUT2D eigenvalue weighted by molar-refractivity contribution is 6.40. The van der Waals surface area contributed by atoms with Gasteiger partial charge in [0.15, 0.2) is 11.0 Å². The van der Waals surface area contributed by atoms with Gasteiger partial charge >= 0.3 is 0 Å². The van der Waals surface area contributed by atoms with Gasteiger partial charge in [0.05, 0.1) is 0 Å². The lowest BCUT2D eigenvalue weighted by atomic mass is 9.95. The smallest absolute Gasteiger partial charge is 0.287 e. The molecule has 0 aliphatic heterocycles. The van der Waals surface area contributed by atoms with Crippen LogP contribution in [0.15, 0.2) is 0 Å². The van der Waals surface area contributed by atoms with Gasteiger partial charge in [-0.05, 0) is 12.8 Å². The van der Waals surface area contributed by atoms with E-state index in [2.05, 4.69) is 15.3 Å². The van der Waals surface area contributed by atoms with Crippen molar-refractivity contribution >= 4 is 29.1 Å². The zero-order chi connectivity index (χ0) is 11.5. The lowest BCUT2D eigenvalue weighted by molar-refractivity contribution is 0.0918. The number of nitrogens with one attached hydrogen (secondary N) is 2. The Morgan fingerprint density at radius 1 is 1.31 bits per heavy atom. The second kappa shape index (κ2) is 5.06. The highest BCUT2D eigenvalue weighted by Crippen LogP contribution is 2.19. The number of rotatable bonds is 2. The number of carbonyl (C=O) groups excluding carboxylic acids is 1. The van der Waals surface area contributed by atoms with Gasteiger partial charge in [0.2, 0.25) is 0 Å². The minimum atomic E-state index is -0.235. The van der Waals surface area contributed by atoms with Crippen LogP contribution in [0.2, 0.25) is 10.3 Å². The molecule has 1 amide bonds. The second-order valence-electron chi connectivity index (χ2n) is 4.00. The predicted molar refractivity (Wildman–Crippen MR) is 62.9 cm³/mol. The van der Waals surface area contributed by atoms with Gasteiger partial charge in [0, 0.05) is 6.04 Å². The summed E-state index contributed by atoms with van der Waals surface area (Å²) in [6, 6.07) is 0.254. The van der Waals surface area contributed by atoms with E-state index in [9.17, 15) is 4.79 Å². The molecule has 2 rings (SSSR count). The molecule has 6 heteroatoms.